The van der Waals surface area contributed by atoms with Crippen molar-refractivity contribution >= 4 is 28.3 Å². The van der Waals surface area contributed by atoms with Crippen molar-refractivity contribution in [2.75, 3.05) is 6.61 Å². The van der Waals surface area contributed by atoms with Crippen LogP contribution in [0, 0.1) is 10.1 Å². The van der Waals surface area contributed by atoms with Gasteiger partial charge in [-0.05, 0) is 25.1 Å². The molecule has 0 aliphatic carbocycles. The number of H-pyrrole nitrogens is 1. The molecule has 1 aromatic heterocycles. The number of carbonyl (C=O) groups excluding carboxylic acids is 2. The maximum absolute atomic E-state index is 12.9. The lowest BCUT2D eigenvalue weighted by Crippen LogP contribution is -2.12. The summed E-state index contributed by atoms with van der Waals surface area (Å²) < 4.78 is 5.02. The number of para-hydroxylation sites is 1. The molecule has 0 fully saturated rings. The highest BCUT2D eigenvalue weighted by Crippen LogP contribution is 2.26. The van der Waals surface area contributed by atoms with E-state index in [-0.39, 0.29) is 29.1 Å². The first kappa shape index (κ1) is 16.4. The van der Waals surface area contributed by atoms with Crippen LogP contribution >= 0.6 is 0 Å². The van der Waals surface area contributed by atoms with E-state index >= 15 is 0 Å². The number of fused-ring (bicyclic) bond motifs is 1. The van der Waals surface area contributed by atoms with Gasteiger partial charge in [0, 0.05) is 28.6 Å². The van der Waals surface area contributed by atoms with E-state index in [2.05, 4.69) is 4.98 Å². The number of ether oxygens (including phenoxy) is 1. The Bertz CT molecular complexity index is 973. The Morgan fingerprint density at radius 2 is 1.80 bits per heavy atom. The first-order valence-electron chi connectivity index (χ1n) is 7.60. The second kappa shape index (κ2) is 6.56. The standard InChI is InChI=1S/C18H14N2O5/c1-2-25-18(22)16-15(13-5-3-4-6-14(13)19-16)17(21)11-7-9-12(10-8-11)20(23)24/h3-10,19H,2H2,1H3. The number of hydrogen-bond acceptors (Lipinski definition) is 5. The van der Waals surface area contributed by atoms with Crippen LogP contribution in [0.1, 0.15) is 33.3 Å². The van der Waals surface area contributed by atoms with Gasteiger partial charge in [0.25, 0.3) is 5.69 Å². The Kier molecular flexibility index (Phi) is 4.30. The molecule has 7 nitrogen and oxygen atoms in total. The van der Waals surface area contributed by atoms with Crippen molar-refractivity contribution in [1.29, 1.82) is 0 Å². The molecule has 0 saturated heterocycles. The second-order valence-electron chi connectivity index (χ2n) is 5.27. The van der Waals surface area contributed by atoms with Gasteiger partial charge in [0.05, 0.1) is 17.1 Å². The SMILES string of the molecule is CCOC(=O)c1[nH]c2ccccc2c1C(=O)c1ccc([N+](=O)[O-])cc1. The smallest absolute Gasteiger partial charge is 0.355 e. The number of aromatic nitrogens is 1. The average Bonchev–Trinajstić information content (AvgIpc) is 3.01. The number of nitrogens with zero attached hydrogens (tertiary/aromatic N) is 1. The Morgan fingerprint density at radius 3 is 2.44 bits per heavy atom. The van der Waals surface area contributed by atoms with Gasteiger partial charge in [0.15, 0.2) is 5.78 Å². The molecule has 3 aromatic rings. The highest BCUT2D eigenvalue weighted by molar-refractivity contribution is 6.21. The lowest BCUT2D eigenvalue weighted by atomic mass is 10.00. The van der Waals surface area contributed by atoms with Crippen LogP contribution in [0.15, 0.2) is 48.5 Å². The molecule has 3 rings (SSSR count). The molecule has 1 heterocycles. The van der Waals surface area contributed by atoms with Gasteiger partial charge in [-0.3, -0.25) is 14.9 Å². The zero-order valence-corrected chi connectivity index (χ0v) is 13.3. The minimum Gasteiger partial charge on any atom is -0.461 e. The van der Waals surface area contributed by atoms with Gasteiger partial charge in [0.1, 0.15) is 5.69 Å². The fourth-order valence-electron chi connectivity index (χ4n) is 2.61. The summed E-state index contributed by atoms with van der Waals surface area (Å²) in [7, 11) is 0. The van der Waals surface area contributed by atoms with Crippen LogP contribution in [-0.2, 0) is 4.74 Å². The van der Waals surface area contributed by atoms with Crippen LogP contribution < -0.4 is 0 Å². The Labute approximate surface area is 142 Å². The van der Waals surface area contributed by atoms with E-state index in [0.29, 0.717) is 10.9 Å². The van der Waals surface area contributed by atoms with E-state index < -0.39 is 16.7 Å². The number of rotatable bonds is 5. The number of non-ortho nitro benzene ring substituents is 1. The molecular formula is C18H14N2O5. The van der Waals surface area contributed by atoms with Crippen LogP contribution in [0.25, 0.3) is 10.9 Å². The highest BCUT2D eigenvalue weighted by atomic mass is 16.6. The number of benzene rings is 2. The molecule has 1 N–H and O–H groups in total. The Hall–Kier alpha value is -3.48. The maximum Gasteiger partial charge on any atom is 0.355 e. The monoisotopic (exact) mass is 338 g/mol. The van der Waals surface area contributed by atoms with Gasteiger partial charge in [-0.15, -0.1) is 0 Å². The number of aromatic amines is 1. The molecule has 7 heteroatoms. The molecule has 0 saturated carbocycles. The lowest BCUT2D eigenvalue weighted by molar-refractivity contribution is -0.384. The molecule has 0 aliphatic rings. The third-order valence-electron chi connectivity index (χ3n) is 3.75. The molecule has 0 atom stereocenters. The molecule has 0 amide bonds. The molecule has 2 aromatic carbocycles. The van der Waals surface area contributed by atoms with Gasteiger partial charge in [-0.25, -0.2) is 4.79 Å². The molecule has 0 radical (unpaired) electrons. The molecule has 126 valence electrons. The topological polar surface area (TPSA) is 102 Å². The average molecular weight is 338 g/mol. The van der Waals surface area contributed by atoms with Gasteiger partial charge in [-0.2, -0.15) is 0 Å². The highest BCUT2D eigenvalue weighted by Gasteiger charge is 2.25. The van der Waals surface area contributed by atoms with Crippen molar-refractivity contribution in [3.05, 3.63) is 75.5 Å². The first-order valence-corrected chi connectivity index (χ1v) is 7.60. The van der Waals surface area contributed by atoms with E-state index in [1.807, 2.05) is 0 Å². The van der Waals surface area contributed by atoms with E-state index in [0.717, 1.165) is 0 Å². The predicted molar refractivity (Wildman–Crippen MR) is 90.8 cm³/mol. The fourth-order valence-corrected chi connectivity index (χ4v) is 2.61. The van der Waals surface area contributed by atoms with E-state index in [1.54, 1.807) is 31.2 Å². The molecule has 0 bridgehead atoms. The van der Waals surface area contributed by atoms with Gasteiger partial charge in [0.2, 0.25) is 0 Å². The van der Waals surface area contributed by atoms with Crippen molar-refractivity contribution in [3.63, 3.8) is 0 Å². The largest absolute Gasteiger partial charge is 0.461 e. The van der Waals surface area contributed by atoms with Crippen LogP contribution in [0.3, 0.4) is 0 Å². The first-order chi connectivity index (χ1) is 12.0. The van der Waals surface area contributed by atoms with Gasteiger partial charge < -0.3 is 9.72 Å². The number of nitro groups is 1. The zero-order valence-electron chi connectivity index (χ0n) is 13.3. The summed E-state index contributed by atoms with van der Waals surface area (Å²) in [5.41, 5.74) is 1.05. The number of esters is 1. The molecular weight excluding hydrogens is 324 g/mol. The van der Waals surface area contributed by atoms with Crippen LogP contribution in [0.2, 0.25) is 0 Å². The summed E-state index contributed by atoms with van der Waals surface area (Å²) in [6, 6.07) is 12.3. The number of nitro benzene ring substituents is 1. The third kappa shape index (κ3) is 2.99. The van der Waals surface area contributed by atoms with Crippen LogP contribution in [0.5, 0.6) is 0 Å². The van der Waals surface area contributed by atoms with E-state index in [1.165, 1.54) is 24.3 Å². The van der Waals surface area contributed by atoms with Crippen molar-refractivity contribution in [3.8, 4) is 0 Å². The summed E-state index contributed by atoms with van der Waals surface area (Å²) in [6.45, 7) is 1.86. The normalized spacial score (nSPS) is 10.6. The van der Waals surface area contributed by atoms with Gasteiger partial charge >= 0.3 is 5.97 Å². The third-order valence-corrected chi connectivity index (χ3v) is 3.75. The minimum atomic E-state index is -0.621. The Morgan fingerprint density at radius 1 is 1.12 bits per heavy atom. The minimum absolute atomic E-state index is 0.0754. The summed E-state index contributed by atoms with van der Waals surface area (Å²) in [6.07, 6.45) is 0. The number of carbonyl (C=O) groups is 2. The molecule has 25 heavy (non-hydrogen) atoms. The molecule has 0 spiro atoms. The van der Waals surface area contributed by atoms with Crippen LogP contribution in [-0.4, -0.2) is 28.3 Å². The quantitative estimate of drug-likeness (QED) is 0.332. The van der Waals surface area contributed by atoms with Crippen molar-refractivity contribution in [2.45, 2.75) is 6.92 Å². The maximum atomic E-state index is 12.9. The number of hydrogen-bond donors (Lipinski definition) is 1. The predicted octanol–water partition coefficient (Wildman–Crippen LogP) is 3.48. The zero-order chi connectivity index (χ0) is 18.0. The summed E-state index contributed by atoms with van der Waals surface area (Å²) in [5.74, 6) is -1.03. The summed E-state index contributed by atoms with van der Waals surface area (Å²) >= 11 is 0. The molecule has 0 aliphatic heterocycles. The van der Waals surface area contributed by atoms with E-state index in [9.17, 15) is 19.7 Å². The Balaban J connectivity index is 2.12. The lowest BCUT2D eigenvalue weighted by Gasteiger charge is -2.04. The fraction of sp³-hybridized carbons (Fsp3) is 0.111. The van der Waals surface area contributed by atoms with Crippen molar-refractivity contribution in [1.82, 2.24) is 4.98 Å². The van der Waals surface area contributed by atoms with Gasteiger partial charge in [-0.1, -0.05) is 18.2 Å². The number of ketones is 1. The number of nitrogens with one attached hydrogen (secondary N) is 1. The van der Waals surface area contributed by atoms with Crippen LogP contribution in [0.4, 0.5) is 5.69 Å². The van der Waals surface area contributed by atoms with E-state index in [4.69, 9.17) is 4.74 Å². The second-order valence-corrected chi connectivity index (χ2v) is 5.27. The van der Waals surface area contributed by atoms with Crippen molar-refractivity contribution < 1.29 is 19.2 Å². The van der Waals surface area contributed by atoms with Crippen molar-refractivity contribution in [2.24, 2.45) is 0 Å². The molecule has 0 unspecified atom stereocenters. The summed E-state index contributed by atoms with van der Waals surface area (Å²) in [5, 5.41) is 11.3. The summed E-state index contributed by atoms with van der Waals surface area (Å²) in [4.78, 5) is 38.3.